The number of hydrogen-bond donors (Lipinski definition) is 2. The van der Waals surface area contributed by atoms with Crippen LogP contribution in [-0.2, 0) is 10.0 Å². The maximum atomic E-state index is 13.5. The SMILES string of the molecule is CN(C)CCCNS(=O)(=O)c1ccc(NC(c2ccccc2)c2ccc(F)cc2)c([N+](=O)[O-])c1. The fourth-order valence-electron chi connectivity index (χ4n) is 3.45. The Morgan fingerprint density at radius 3 is 2.26 bits per heavy atom. The Morgan fingerprint density at radius 1 is 1.00 bits per heavy atom. The van der Waals surface area contributed by atoms with Gasteiger partial charge in [0.1, 0.15) is 11.5 Å². The average Bonchev–Trinajstić information content (AvgIpc) is 2.81. The number of benzene rings is 3. The molecule has 0 amide bonds. The molecule has 180 valence electrons. The van der Waals surface area contributed by atoms with E-state index < -0.39 is 26.8 Å². The highest BCUT2D eigenvalue weighted by Gasteiger charge is 2.24. The number of hydrogen-bond acceptors (Lipinski definition) is 6. The fourth-order valence-corrected chi connectivity index (χ4v) is 4.55. The van der Waals surface area contributed by atoms with Gasteiger partial charge in [-0.1, -0.05) is 42.5 Å². The van der Waals surface area contributed by atoms with Crippen LogP contribution in [0.3, 0.4) is 0 Å². The van der Waals surface area contributed by atoms with Crippen molar-refractivity contribution in [3.05, 3.63) is 99.9 Å². The Morgan fingerprint density at radius 2 is 1.65 bits per heavy atom. The van der Waals surface area contributed by atoms with Crippen LogP contribution >= 0.6 is 0 Å². The van der Waals surface area contributed by atoms with E-state index in [1.165, 1.54) is 24.3 Å². The fraction of sp³-hybridized carbons (Fsp3) is 0.250. The van der Waals surface area contributed by atoms with Crippen LogP contribution < -0.4 is 10.0 Å². The molecule has 8 nitrogen and oxygen atoms in total. The summed E-state index contributed by atoms with van der Waals surface area (Å²) in [4.78, 5) is 13.0. The summed E-state index contributed by atoms with van der Waals surface area (Å²) in [5.74, 6) is -0.394. The van der Waals surface area contributed by atoms with Crippen LogP contribution in [0, 0.1) is 15.9 Å². The van der Waals surface area contributed by atoms with E-state index in [0.29, 0.717) is 18.5 Å². The summed E-state index contributed by atoms with van der Waals surface area (Å²) >= 11 is 0. The normalized spacial score (nSPS) is 12.5. The van der Waals surface area contributed by atoms with Gasteiger partial charge in [0.15, 0.2) is 0 Å². The predicted octanol–water partition coefficient (Wildman–Crippen LogP) is 4.17. The van der Waals surface area contributed by atoms with Crippen molar-refractivity contribution in [2.75, 3.05) is 32.5 Å². The van der Waals surface area contributed by atoms with Crippen LogP contribution in [0.2, 0.25) is 0 Å². The van der Waals surface area contributed by atoms with Crippen LogP contribution in [0.25, 0.3) is 0 Å². The van der Waals surface area contributed by atoms with E-state index in [0.717, 1.165) is 11.6 Å². The van der Waals surface area contributed by atoms with Gasteiger partial charge >= 0.3 is 0 Å². The molecule has 10 heteroatoms. The zero-order valence-electron chi connectivity index (χ0n) is 18.9. The molecule has 0 aromatic heterocycles. The average molecular weight is 487 g/mol. The Hall–Kier alpha value is -3.34. The predicted molar refractivity (Wildman–Crippen MR) is 130 cm³/mol. The summed E-state index contributed by atoms with van der Waals surface area (Å²) in [6.45, 7) is 0.921. The molecule has 0 saturated heterocycles. The second-order valence-electron chi connectivity index (χ2n) is 8.03. The quantitative estimate of drug-likeness (QED) is 0.240. The molecule has 0 aliphatic heterocycles. The molecule has 0 fully saturated rings. The van der Waals surface area contributed by atoms with Gasteiger partial charge in [-0.05, 0) is 62.5 Å². The minimum absolute atomic E-state index is 0.148. The highest BCUT2D eigenvalue weighted by Crippen LogP contribution is 2.33. The molecule has 1 atom stereocenters. The van der Waals surface area contributed by atoms with Gasteiger partial charge in [0, 0.05) is 12.6 Å². The number of nitrogens with zero attached hydrogens (tertiary/aromatic N) is 2. The lowest BCUT2D eigenvalue weighted by molar-refractivity contribution is -0.384. The van der Waals surface area contributed by atoms with Crippen molar-refractivity contribution in [2.24, 2.45) is 0 Å². The third-order valence-corrected chi connectivity index (χ3v) is 6.65. The lowest BCUT2D eigenvalue weighted by Gasteiger charge is -2.21. The smallest absolute Gasteiger partial charge is 0.293 e. The largest absolute Gasteiger partial charge is 0.369 e. The van der Waals surface area contributed by atoms with E-state index in [4.69, 9.17) is 0 Å². The first-order valence-electron chi connectivity index (χ1n) is 10.7. The van der Waals surface area contributed by atoms with Gasteiger partial charge in [-0.25, -0.2) is 17.5 Å². The Labute approximate surface area is 198 Å². The van der Waals surface area contributed by atoms with Gasteiger partial charge in [-0.15, -0.1) is 0 Å². The standard InChI is InChI=1S/C24H27FN4O4S/c1-28(2)16-6-15-26-34(32,33)21-13-14-22(23(17-21)29(30)31)27-24(18-7-4-3-5-8-18)19-9-11-20(25)12-10-19/h3-5,7-14,17,24,26-27H,6,15-16H2,1-2H3. The third kappa shape index (κ3) is 6.60. The molecule has 0 aliphatic carbocycles. The molecule has 0 radical (unpaired) electrons. The van der Waals surface area contributed by atoms with Crippen molar-refractivity contribution in [1.82, 2.24) is 9.62 Å². The molecule has 0 spiro atoms. The number of halogens is 1. The second kappa shape index (κ2) is 11.2. The second-order valence-corrected chi connectivity index (χ2v) is 9.80. The van der Waals surface area contributed by atoms with E-state index in [2.05, 4.69) is 10.0 Å². The Kier molecular flexibility index (Phi) is 8.32. The number of nitrogens with one attached hydrogen (secondary N) is 2. The summed E-state index contributed by atoms with van der Waals surface area (Å²) < 4.78 is 41.3. The van der Waals surface area contributed by atoms with E-state index >= 15 is 0 Å². The summed E-state index contributed by atoms with van der Waals surface area (Å²) in [6, 6.07) is 18.3. The molecular formula is C24H27FN4O4S. The minimum atomic E-state index is -3.91. The first-order valence-corrected chi connectivity index (χ1v) is 12.2. The molecule has 0 saturated carbocycles. The lowest BCUT2D eigenvalue weighted by atomic mass is 9.98. The van der Waals surface area contributed by atoms with Gasteiger partial charge < -0.3 is 10.2 Å². The molecule has 0 aliphatic rings. The van der Waals surface area contributed by atoms with Crippen molar-refractivity contribution in [2.45, 2.75) is 17.4 Å². The molecular weight excluding hydrogens is 459 g/mol. The van der Waals surface area contributed by atoms with Crippen molar-refractivity contribution in [3.63, 3.8) is 0 Å². The first kappa shape index (κ1) is 25.3. The minimum Gasteiger partial charge on any atom is -0.369 e. The van der Waals surface area contributed by atoms with Crippen LogP contribution in [0.1, 0.15) is 23.6 Å². The maximum Gasteiger partial charge on any atom is 0.293 e. The highest BCUT2D eigenvalue weighted by molar-refractivity contribution is 7.89. The maximum absolute atomic E-state index is 13.5. The van der Waals surface area contributed by atoms with Crippen LogP contribution in [0.15, 0.2) is 77.7 Å². The molecule has 3 rings (SSSR count). The number of nitro benzene ring substituents is 1. The lowest BCUT2D eigenvalue weighted by Crippen LogP contribution is -2.27. The number of sulfonamides is 1. The Bertz CT molecular complexity index is 1220. The molecule has 1 unspecified atom stereocenters. The van der Waals surface area contributed by atoms with E-state index in [1.54, 1.807) is 12.1 Å². The van der Waals surface area contributed by atoms with Gasteiger partial charge in [0.2, 0.25) is 10.0 Å². The van der Waals surface area contributed by atoms with E-state index in [-0.39, 0.29) is 22.8 Å². The van der Waals surface area contributed by atoms with Gasteiger partial charge in [-0.3, -0.25) is 10.1 Å². The van der Waals surface area contributed by atoms with Crippen LogP contribution in [0.4, 0.5) is 15.8 Å². The summed E-state index contributed by atoms with van der Waals surface area (Å²) in [7, 11) is -0.137. The summed E-state index contributed by atoms with van der Waals surface area (Å²) in [6.07, 6.45) is 0.602. The monoisotopic (exact) mass is 486 g/mol. The number of nitro groups is 1. The zero-order chi connectivity index (χ0) is 24.7. The van der Waals surface area contributed by atoms with Gasteiger partial charge in [-0.2, -0.15) is 0 Å². The van der Waals surface area contributed by atoms with E-state index in [1.807, 2.05) is 49.3 Å². The van der Waals surface area contributed by atoms with Crippen LogP contribution in [-0.4, -0.2) is 45.4 Å². The van der Waals surface area contributed by atoms with Gasteiger partial charge in [0.25, 0.3) is 5.69 Å². The summed E-state index contributed by atoms with van der Waals surface area (Å²) in [5.41, 5.74) is 1.28. The molecule has 0 heterocycles. The third-order valence-electron chi connectivity index (χ3n) is 5.19. The molecule has 2 N–H and O–H groups in total. The van der Waals surface area contributed by atoms with Crippen molar-refractivity contribution >= 4 is 21.4 Å². The van der Waals surface area contributed by atoms with Crippen molar-refractivity contribution < 1.29 is 17.7 Å². The zero-order valence-corrected chi connectivity index (χ0v) is 19.8. The highest BCUT2D eigenvalue weighted by atomic mass is 32.2. The number of rotatable bonds is 11. The van der Waals surface area contributed by atoms with Crippen molar-refractivity contribution in [3.8, 4) is 0 Å². The molecule has 0 bridgehead atoms. The summed E-state index contributed by atoms with van der Waals surface area (Å²) in [5, 5.41) is 15.0. The number of anilines is 1. The van der Waals surface area contributed by atoms with Crippen LogP contribution in [0.5, 0.6) is 0 Å². The first-order chi connectivity index (χ1) is 16.2. The molecule has 3 aromatic carbocycles. The molecule has 34 heavy (non-hydrogen) atoms. The van der Waals surface area contributed by atoms with E-state index in [9.17, 15) is 22.9 Å². The topological polar surface area (TPSA) is 105 Å². The Balaban J connectivity index is 1.92. The van der Waals surface area contributed by atoms with Crippen molar-refractivity contribution in [1.29, 1.82) is 0 Å². The molecule has 3 aromatic rings. The van der Waals surface area contributed by atoms with Gasteiger partial charge in [0.05, 0.1) is 15.9 Å².